The zero-order chi connectivity index (χ0) is 12.4. The van der Waals surface area contributed by atoms with Crippen LogP contribution in [0.25, 0.3) is 0 Å². The van der Waals surface area contributed by atoms with Gasteiger partial charge in [-0.3, -0.25) is 0 Å². The number of hydrogen-bond donors (Lipinski definition) is 1. The molecular formula is C13H16FN3. The number of nitrogens with zero attached hydrogens (tertiary/aromatic N) is 2. The Morgan fingerprint density at radius 3 is 2.65 bits per heavy atom. The van der Waals surface area contributed by atoms with Gasteiger partial charge < -0.3 is 0 Å². The maximum Gasteiger partial charge on any atom is 0.126 e. The summed E-state index contributed by atoms with van der Waals surface area (Å²) in [6.45, 7) is 5.92. The Bertz CT molecular complexity index is 506. The first-order valence-corrected chi connectivity index (χ1v) is 5.69. The first-order chi connectivity index (χ1) is 8.08. The number of aromatic nitrogens is 3. The Hall–Kier alpha value is -1.71. The van der Waals surface area contributed by atoms with Crippen molar-refractivity contribution in [3.63, 3.8) is 0 Å². The number of nitrogens with one attached hydrogen (secondary N) is 1. The Kier molecular flexibility index (Phi) is 3.22. The van der Waals surface area contributed by atoms with Crippen molar-refractivity contribution in [2.45, 2.75) is 33.1 Å². The molecule has 2 rings (SSSR count). The lowest BCUT2D eigenvalue weighted by Crippen LogP contribution is -2.03. The topological polar surface area (TPSA) is 41.6 Å². The van der Waals surface area contributed by atoms with E-state index in [1.165, 1.54) is 0 Å². The summed E-state index contributed by atoms with van der Waals surface area (Å²) in [5, 5.41) is 10.3. The minimum atomic E-state index is -0.135. The second-order valence-electron chi connectivity index (χ2n) is 4.52. The third kappa shape index (κ3) is 2.52. The van der Waals surface area contributed by atoms with Crippen molar-refractivity contribution < 1.29 is 4.39 Å². The second kappa shape index (κ2) is 4.65. The number of halogens is 1. The Morgan fingerprint density at radius 2 is 2.00 bits per heavy atom. The molecule has 0 spiro atoms. The van der Waals surface area contributed by atoms with E-state index in [0.717, 1.165) is 22.4 Å². The smallest absolute Gasteiger partial charge is 0.126 e. The fourth-order valence-corrected chi connectivity index (χ4v) is 1.93. The summed E-state index contributed by atoms with van der Waals surface area (Å²) < 4.78 is 13.9. The first-order valence-electron chi connectivity index (χ1n) is 5.69. The number of benzene rings is 1. The van der Waals surface area contributed by atoms with Gasteiger partial charge in [-0.15, -0.1) is 0 Å². The van der Waals surface area contributed by atoms with E-state index in [0.29, 0.717) is 6.42 Å². The average Bonchev–Trinajstić information content (AvgIpc) is 2.76. The highest BCUT2D eigenvalue weighted by molar-refractivity contribution is 5.33. The molecule has 0 saturated heterocycles. The molecule has 1 N–H and O–H groups in total. The molecule has 1 aromatic carbocycles. The van der Waals surface area contributed by atoms with Crippen LogP contribution in [-0.2, 0) is 6.42 Å². The largest absolute Gasteiger partial charge is 0.207 e. The fraction of sp³-hybridized carbons (Fsp3) is 0.385. The van der Waals surface area contributed by atoms with Gasteiger partial charge in [-0.25, -0.2) is 4.39 Å². The van der Waals surface area contributed by atoms with Gasteiger partial charge in [-0.2, -0.15) is 15.4 Å². The van der Waals surface area contributed by atoms with Crippen LogP contribution in [0.3, 0.4) is 0 Å². The zero-order valence-corrected chi connectivity index (χ0v) is 10.3. The first kappa shape index (κ1) is 11.8. The van der Waals surface area contributed by atoms with E-state index in [1.807, 2.05) is 26.8 Å². The predicted octanol–water partition coefficient (Wildman–Crippen LogP) is 2.91. The molecule has 0 bridgehead atoms. The van der Waals surface area contributed by atoms with Gasteiger partial charge in [0, 0.05) is 0 Å². The zero-order valence-electron chi connectivity index (χ0n) is 10.3. The van der Waals surface area contributed by atoms with Crippen molar-refractivity contribution >= 4 is 0 Å². The van der Waals surface area contributed by atoms with E-state index in [-0.39, 0.29) is 11.7 Å². The van der Waals surface area contributed by atoms with Gasteiger partial charge in [0.15, 0.2) is 0 Å². The molecule has 0 aliphatic rings. The van der Waals surface area contributed by atoms with Gasteiger partial charge in [0.25, 0.3) is 0 Å². The van der Waals surface area contributed by atoms with Crippen molar-refractivity contribution in [1.29, 1.82) is 0 Å². The Labute approximate surface area is 100 Å². The molecule has 2 aromatic rings. The molecule has 1 atom stereocenters. The Morgan fingerprint density at radius 1 is 1.29 bits per heavy atom. The molecule has 0 amide bonds. The van der Waals surface area contributed by atoms with E-state index in [4.69, 9.17) is 0 Å². The van der Waals surface area contributed by atoms with Gasteiger partial charge >= 0.3 is 0 Å². The van der Waals surface area contributed by atoms with Crippen LogP contribution in [0.2, 0.25) is 0 Å². The summed E-state index contributed by atoms with van der Waals surface area (Å²) in [4.78, 5) is 0. The number of aromatic amines is 1. The minimum absolute atomic E-state index is 0.0967. The number of rotatable bonds is 3. The molecular weight excluding hydrogens is 217 g/mol. The van der Waals surface area contributed by atoms with Gasteiger partial charge in [-0.1, -0.05) is 13.0 Å². The lowest BCUT2D eigenvalue weighted by Gasteiger charge is -2.13. The van der Waals surface area contributed by atoms with Crippen LogP contribution in [0.15, 0.2) is 18.3 Å². The summed E-state index contributed by atoms with van der Waals surface area (Å²) >= 11 is 0. The van der Waals surface area contributed by atoms with Crippen molar-refractivity contribution in [1.82, 2.24) is 15.4 Å². The maximum absolute atomic E-state index is 13.9. The highest BCUT2D eigenvalue weighted by Crippen LogP contribution is 2.24. The van der Waals surface area contributed by atoms with Crippen LogP contribution >= 0.6 is 0 Å². The van der Waals surface area contributed by atoms with E-state index < -0.39 is 0 Å². The van der Waals surface area contributed by atoms with Gasteiger partial charge in [-0.05, 0) is 48.9 Å². The lowest BCUT2D eigenvalue weighted by atomic mass is 9.93. The second-order valence-corrected chi connectivity index (χ2v) is 4.52. The third-order valence-electron chi connectivity index (χ3n) is 3.12. The van der Waals surface area contributed by atoms with Gasteiger partial charge in [0.2, 0.25) is 0 Å². The highest BCUT2D eigenvalue weighted by atomic mass is 19.1. The van der Waals surface area contributed by atoms with Crippen molar-refractivity contribution in [3.8, 4) is 0 Å². The molecule has 90 valence electrons. The number of aryl methyl sites for hydroxylation is 2. The summed E-state index contributed by atoms with van der Waals surface area (Å²) in [6, 6.07) is 3.53. The summed E-state index contributed by atoms with van der Waals surface area (Å²) in [7, 11) is 0. The molecule has 0 aliphatic heterocycles. The molecule has 4 heteroatoms. The van der Waals surface area contributed by atoms with Crippen LogP contribution in [0, 0.1) is 19.7 Å². The maximum atomic E-state index is 13.9. The van der Waals surface area contributed by atoms with E-state index >= 15 is 0 Å². The summed E-state index contributed by atoms with van der Waals surface area (Å²) in [6.07, 6.45) is 2.37. The quantitative estimate of drug-likeness (QED) is 0.885. The van der Waals surface area contributed by atoms with Gasteiger partial charge in [0.1, 0.15) is 5.82 Å². The van der Waals surface area contributed by atoms with Crippen molar-refractivity contribution in [2.24, 2.45) is 0 Å². The molecule has 0 fully saturated rings. The normalized spacial score (nSPS) is 12.7. The molecule has 1 heterocycles. The van der Waals surface area contributed by atoms with Crippen LogP contribution in [0.4, 0.5) is 4.39 Å². The SMILES string of the molecule is Cc1cc(F)c(C(C)Cc2cn[nH]n2)cc1C. The summed E-state index contributed by atoms with van der Waals surface area (Å²) in [5.74, 6) is -0.0384. The highest BCUT2D eigenvalue weighted by Gasteiger charge is 2.14. The average molecular weight is 233 g/mol. The predicted molar refractivity (Wildman–Crippen MR) is 64.4 cm³/mol. The standard InChI is InChI=1S/C13H16FN3/c1-8-5-12(13(14)6-9(8)2)10(3)4-11-7-15-17-16-11/h5-7,10H,4H2,1-3H3,(H,15,16,17). The molecule has 1 unspecified atom stereocenters. The van der Waals surface area contributed by atoms with Crippen molar-refractivity contribution in [2.75, 3.05) is 0 Å². The summed E-state index contributed by atoms with van der Waals surface area (Å²) in [5.41, 5.74) is 3.71. The van der Waals surface area contributed by atoms with E-state index in [1.54, 1.807) is 12.3 Å². The van der Waals surface area contributed by atoms with Crippen LogP contribution in [-0.4, -0.2) is 15.4 Å². The third-order valence-corrected chi connectivity index (χ3v) is 3.12. The Balaban J connectivity index is 2.24. The minimum Gasteiger partial charge on any atom is -0.207 e. The van der Waals surface area contributed by atoms with Crippen molar-refractivity contribution in [3.05, 3.63) is 46.5 Å². The monoisotopic (exact) mass is 233 g/mol. The number of H-pyrrole nitrogens is 1. The van der Waals surface area contributed by atoms with Crippen LogP contribution in [0.1, 0.15) is 35.2 Å². The van der Waals surface area contributed by atoms with Gasteiger partial charge in [0.05, 0.1) is 11.9 Å². The lowest BCUT2D eigenvalue weighted by molar-refractivity contribution is 0.583. The molecule has 1 aromatic heterocycles. The van der Waals surface area contributed by atoms with E-state index in [9.17, 15) is 4.39 Å². The molecule has 17 heavy (non-hydrogen) atoms. The molecule has 0 aliphatic carbocycles. The molecule has 3 nitrogen and oxygen atoms in total. The van der Waals surface area contributed by atoms with Crippen LogP contribution in [0.5, 0.6) is 0 Å². The van der Waals surface area contributed by atoms with Crippen LogP contribution < -0.4 is 0 Å². The molecule has 0 radical (unpaired) electrons. The van der Waals surface area contributed by atoms with E-state index in [2.05, 4.69) is 15.4 Å². The molecule has 0 saturated carbocycles. The number of hydrogen-bond acceptors (Lipinski definition) is 2. The fourth-order valence-electron chi connectivity index (χ4n) is 1.93.